The summed E-state index contributed by atoms with van der Waals surface area (Å²) in [5, 5.41) is 14.1. The first-order valence-corrected chi connectivity index (χ1v) is 7.33. The van der Waals surface area contributed by atoms with Gasteiger partial charge in [0.1, 0.15) is 5.75 Å². The van der Waals surface area contributed by atoms with Gasteiger partial charge < -0.3 is 10.4 Å². The zero-order valence-electron chi connectivity index (χ0n) is 11.4. The molecule has 2 aromatic carbocycles. The van der Waals surface area contributed by atoms with Crippen LogP contribution in [-0.4, -0.2) is 5.11 Å². The number of phenols is 1. The molecule has 1 saturated carbocycles. The second-order valence-corrected chi connectivity index (χ2v) is 5.95. The number of aryl methyl sites for hydroxylation is 1. The minimum absolute atomic E-state index is 0.286. The molecule has 0 amide bonds. The largest absolute Gasteiger partial charge is 0.508 e. The fourth-order valence-corrected chi connectivity index (χ4v) is 2.58. The summed E-state index contributed by atoms with van der Waals surface area (Å²) in [6, 6.07) is 14.0. The van der Waals surface area contributed by atoms with Crippen LogP contribution in [0.15, 0.2) is 42.5 Å². The third-order valence-corrected chi connectivity index (χ3v) is 4.11. The minimum Gasteiger partial charge on any atom is -0.508 e. The number of hydrogen-bond acceptors (Lipinski definition) is 2. The fourth-order valence-electron chi connectivity index (χ4n) is 2.45. The van der Waals surface area contributed by atoms with Crippen molar-refractivity contribution >= 4 is 17.3 Å². The van der Waals surface area contributed by atoms with Crippen molar-refractivity contribution in [2.75, 3.05) is 5.32 Å². The Morgan fingerprint density at radius 3 is 2.45 bits per heavy atom. The van der Waals surface area contributed by atoms with E-state index in [1.54, 1.807) is 6.07 Å². The summed E-state index contributed by atoms with van der Waals surface area (Å²) in [6.07, 6.45) is 2.50. The number of anilines is 1. The van der Waals surface area contributed by atoms with Crippen LogP contribution in [0.4, 0.5) is 5.69 Å². The van der Waals surface area contributed by atoms with Crippen LogP contribution in [0.5, 0.6) is 5.75 Å². The molecule has 0 heterocycles. The maximum Gasteiger partial charge on any atom is 0.120 e. The second-order valence-electron chi connectivity index (χ2n) is 5.51. The van der Waals surface area contributed by atoms with Gasteiger partial charge in [-0.2, -0.15) is 0 Å². The molecule has 0 bridgehead atoms. The monoisotopic (exact) mass is 287 g/mol. The van der Waals surface area contributed by atoms with E-state index in [9.17, 15) is 5.11 Å². The van der Waals surface area contributed by atoms with Crippen LogP contribution in [0, 0.1) is 12.8 Å². The van der Waals surface area contributed by atoms with Crippen LogP contribution in [0.2, 0.25) is 5.02 Å². The van der Waals surface area contributed by atoms with Gasteiger partial charge >= 0.3 is 0 Å². The van der Waals surface area contributed by atoms with Gasteiger partial charge in [0.15, 0.2) is 0 Å². The van der Waals surface area contributed by atoms with Crippen molar-refractivity contribution in [2.45, 2.75) is 25.8 Å². The highest BCUT2D eigenvalue weighted by atomic mass is 35.5. The Morgan fingerprint density at radius 2 is 1.85 bits per heavy atom. The van der Waals surface area contributed by atoms with Gasteiger partial charge in [0, 0.05) is 16.8 Å². The number of aromatic hydroxyl groups is 1. The zero-order valence-corrected chi connectivity index (χ0v) is 12.2. The molecule has 0 saturated heterocycles. The summed E-state index contributed by atoms with van der Waals surface area (Å²) in [6.45, 7) is 1.90. The quantitative estimate of drug-likeness (QED) is 0.837. The first kappa shape index (κ1) is 13.3. The van der Waals surface area contributed by atoms with Crippen LogP contribution >= 0.6 is 11.6 Å². The number of phenolic OH excluding ortho intramolecular Hbond substituents is 1. The molecule has 1 aliphatic carbocycles. The summed E-state index contributed by atoms with van der Waals surface area (Å²) in [4.78, 5) is 0. The topological polar surface area (TPSA) is 32.3 Å². The van der Waals surface area contributed by atoms with E-state index in [1.165, 1.54) is 18.4 Å². The summed E-state index contributed by atoms with van der Waals surface area (Å²) in [5.74, 6) is 1.00. The van der Waals surface area contributed by atoms with E-state index < -0.39 is 0 Å². The summed E-state index contributed by atoms with van der Waals surface area (Å²) >= 11 is 5.96. The van der Waals surface area contributed by atoms with Crippen molar-refractivity contribution in [1.29, 1.82) is 0 Å². The van der Waals surface area contributed by atoms with Crippen molar-refractivity contribution in [3.05, 3.63) is 58.6 Å². The lowest BCUT2D eigenvalue weighted by Crippen LogP contribution is -2.12. The van der Waals surface area contributed by atoms with Gasteiger partial charge in [0.2, 0.25) is 0 Å². The third-order valence-electron chi connectivity index (χ3n) is 3.85. The van der Waals surface area contributed by atoms with Crippen LogP contribution in [0.3, 0.4) is 0 Å². The van der Waals surface area contributed by atoms with Gasteiger partial charge in [-0.25, -0.2) is 0 Å². The van der Waals surface area contributed by atoms with Crippen molar-refractivity contribution < 1.29 is 5.11 Å². The van der Waals surface area contributed by atoms with Crippen molar-refractivity contribution in [3.63, 3.8) is 0 Å². The highest BCUT2D eigenvalue weighted by molar-refractivity contribution is 6.30. The van der Waals surface area contributed by atoms with E-state index in [1.807, 2.05) is 31.2 Å². The van der Waals surface area contributed by atoms with E-state index in [-0.39, 0.29) is 6.04 Å². The highest BCUT2D eigenvalue weighted by Crippen LogP contribution is 2.43. The average Bonchev–Trinajstić information content (AvgIpc) is 3.26. The molecule has 3 heteroatoms. The van der Waals surface area contributed by atoms with Crippen molar-refractivity contribution in [1.82, 2.24) is 0 Å². The number of benzene rings is 2. The third kappa shape index (κ3) is 2.91. The Morgan fingerprint density at radius 1 is 1.15 bits per heavy atom. The highest BCUT2D eigenvalue weighted by Gasteiger charge is 2.32. The Balaban J connectivity index is 1.84. The van der Waals surface area contributed by atoms with Gasteiger partial charge in [0.25, 0.3) is 0 Å². The lowest BCUT2D eigenvalue weighted by molar-refractivity contribution is 0.471. The summed E-state index contributed by atoms with van der Waals surface area (Å²) in [7, 11) is 0. The zero-order chi connectivity index (χ0) is 14.1. The predicted molar refractivity (Wildman–Crippen MR) is 83.4 cm³/mol. The first-order valence-electron chi connectivity index (χ1n) is 6.95. The lowest BCUT2D eigenvalue weighted by atomic mass is 10.0. The maximum absolute atomic E-state index is 9.82. The van der Waals surface area contributed by atoms with E-state index in [0.29, 0.717) is 11.7 Å². The molecular formula is C17H18ClNO. The SMILES string of the molecule is Cc1ccc(NC(c2ccc(Cl)cc2)C2CC2)cc1O. The number of rotatable bonds is 4. The first-order chi connectivity index (χ1) is 9.63. The van der Waals surface area contributed by atoms with Gasteiger partial charge in [0.05, 0.1) is 6.04 Å². The smallest absolute Gasteiger partial charge is 0.120 e. The molecule has 0 aliphatic heterocycles. The molecular weight excluding hydrogens is 270 g/mol. The lowest BCUT2D eigenvalue weighted by Gasteiger charge is -2.20. The average molecular weight is 288 g/mol. The summed E-state index contributed by atoms with van der Waals surface area (Å²) < 4.78 is 0. The molecule has 2 aromatic rings. The fraction of sp³-hybridized carbons (Fsp3) is 0.294. The molecule has 1 atom stereocenters. The van der Waals surface area contributed by atoms with Gasteiger partial charge in [-0.15, -0.1) is 0 Å². The van der Waals surface area contributed by atoms with Crippen molar-refractivity contribution in [3.8, 4) is 5.75 Å². The molecule has 3 rings (SSSR count). The van der Waals surface area contributed by atoms with Crippen LogP contribution in [0.1, 0.15) is 30.0 Å². The van der Waals surface area contributed by atoms with E-state index in [2.05, 4.69) is 17.4 Å². The minimum atomic E-state index is 0.286. The number of halogens is 1. The maximum atomic E-state index is 9.82. The second kappa shape index (κ2) is 5.37. The molecule has 2 N–H and O–H groups in total. The molecule has 1 fully saturated rings. The van der Waals surface area contributed by atoms with E-state index >= 15 is 0 Å². The molecule has 0 spiro atoms. The molecule has 1 unspecified atom stereocenters. The molecule has 0 radical (unpaired) electrons. The molecule has 0 aromatic heterocycles. The standard InChI is InChI=1S/C17H18ClNO/c1-11-2-9-15(10-16(11)20)19-17(12-3-4-12)13-5-7-14(18)8-6-13/h2,5-10,12,17,19-20H,3-4H2,1H3. The molecule has 104 valence electrons. The van der Waals surface area contributed by atoms with Gasteiger partial charge in [-0.1, -0.05) is 29.8 Å². The van der Waals surface area contributed by atoms with Gasteiger partial charge in [-0.05, 0) is 55.0 Å². The Labute approximate surface area is 124 Å². The Kier molecular flexibility index (Phi) is 3.58. The molecule has 20 heavy (non-hydrogen) atoms. The van der Waals surface area contributed by atoms with E-state index in [4.69, 9.17) is 11.6 Å². The number of hydrogen-bond donors (Lipinski definition) is 2. The van der Waals surface area contributed by atoms with Crippen LogP contribution < -0.4 is 5.32 Å². The van der Waals surface area contributed by atoms with Crippen LogP contribution in [-0.2, 0) is 0 Å². The van der Waals surface area contributed by atoms with Gasteiger partial charge in [-0.3, -0.25) is 0 Å². The Bertz CT molecular complexity index is 605. The van der Waals surface area contributed by atoms with Crippen molar-refractivity contribution in [2.24, 2.45) is 5.92 Å². The van der Waals surface area contributed by atoms with Crippen LogP contribution in [0.25, 0.3) is 0 Å². The Hall–Kier alpha value is -1.67. The predicted octanol–water partition coefficient (Wildman–Crippen LogP) is 4.92. The molecule has 2 nitrogen and oxygen atoms in total. The normalized spacial score (nSPS) is 15.9. The molecule has 1 aliphatic rings. The number of nitrogens with one attached hydrogen (secondary N) is 1. The summed E-state index contributed by atoms with van der Waals surface area (Å²) in [5.41, 5.74) is 3.10. The van der Waals surface area contributed by atoms with E-state index in [0.717, 1.165) is 16.3 Å².